The molecule has 3 aromatic carbocycles. The Hall–Kier alpha value is -2.60. The zero-order chi connectivity index (χ0) is 21.3. The monoisotopic (exact) mass is 486 g/mol. The van der Waals surface area contributed by atoms with Gasteiger partial charge in [-0.25, -0.2) is 4.79 Å². The molecule has 0 aromatic heterocycles. The summed E-state index contributed by atoms with van der Waals surface area (Å²) < 4.78 is 12.2. The van der Waals surface area contributed by atoms with Crippen LogP contribution in [0.2, 0.25) is 5.02 Å². The molecule has 0 unspecified atom stereocenters. The van der Waals surface area contributed by atoms with Crippen LogP contribution < -0.4 is 4.74 Å². The van der Waals surface area contributed by atoms with Gasteiger partial charge in [0.1, 0.15) is 5.75 Å². The molecule has 0 aliphatic rings. The number of benzene rings is 3. The van der Waals surface area contributed by atoms with Crippen LogP contribution in [0.25, 0.3) is 5.57 Å². The molecule has 0 heterocycles. The highest BCUT2D eigenvalue weighted by molar-refractivity contribution is 9.10. The molecule has 6 heteroatoms. The third-order valence-electron chi connectivity index (χ3n) is 4.30. The number of hydrogen-bond acceptors (Lipinski definition) is 3. The Morgan fingerprint density at radius 3 is 2.27 bits per heavy atom. The summed E-state index contributed by atoms with van der Waals surface area (Å²) in [6.45, 7) is 0.295. The van der Waals surface area contributed by atoms with Crippen molar-refractivity contribution in [3.8, 4) is 5.75 Å². The molecular weight excluding hydrogens is 468 g/mol. The van der Waals surface area contributed by atoms with Crippen molar-refractivity contribution in [3.63, 3.8) is 0 Å². The van der Waals surface area contributed by atoms with Crippen molar-refractivity contribution in [2.24, 2.45) is 0 Å². The molecule has 0 fully saturated rings. The minimum atomic E-state index is -1.02. The first-order chi connectivity index (χ1) is 14.5. The summed E-state index contributed by atoms with van der Waals surface area (Å²) in [4.78, 5) is 10.8. The highest BCUT2D eigenvalue weighted by Crippen LogP contribution is 2.26. The summed E-state index contributed by atoms with van der Waals surface area (Å²) in [5, 5.41) is 9.50. The van der Waals surface area contributed by atoms with Crippen molar-refractivity contribution < 1.29 is 19.4 Å². The molecule has 4 nitrogen and oxygen atoms in total. The van der Waals surface area contributed by atoms with Gasteiger partial charge >= 0.3 is 5.97 Å². The van der Waals surface area contributed by atoms with Crippen molar-refractivity contribution in [1.82, 2.24) is 0 Å². The Balaban J connectivity index is 1.73. The number of halogens is 2. The fourth-order valence-electron chi connectivity index (χ4n) is 2.88. The van der Waals surface area contributed by atoms with E-state index in [0.29, 0.717) is 24.0 Å². The lowest BCUT2D eigenvalue weighted by Gasteiger charge is -2.11. The van der Waals surface area contributed by atoms with Crippen LogP contribution in [0.15, 0.2) is 83.3 Å². The van der Waals surface area contributed by atoms with Gasteiger partial charge in [0, 0.05) is 15.1 Å². The highest BCUT2D eigenvalue weighted by Gasteiger charge is 2.07. The fourth-order valence-corrected chi connectivity index (χ4v) is 3.27. The second-order valence-corrected chi connectivity index (χ2v) is 7.79. The summed E-state index contributed by atoms with van der Waals surface area (Å²) in [6, 6.07) is 23.0. The SMILES string of the molecule is O=C(O)COc1ccccc1COC/C=C(\c1ccc(Cl)cc1)c1ccc(Br)cc1. The average Bonchev–Trinajstić information content (AvgIpc) is 2.75. The van der Waals surface area contributed by atoms with Crippen LogP contribution in [0.3, 0.4) is 0 Å². The second-order valence-electron chi connectivity index (χ2n) is 6.44. The van der Waals surface area contributed by atoms with Crippen molar-refractivity contribution in [3.05, 3.63) is 105 Å². The summed E-state index contributed by atoms with van der Waals surface area (Å²) in [5.41, 5.74) is 3.93. The van der Waals surface area contributed by atoms with Gasteiger partial charge in [0.15, 0.2) is 6.61 Å². The van der Waals surface area contributed by atoms with Gasteiger partial charge in [-0.1, -0.05) is 76.1 Å². The van der Waals surface area contributed by atoms with E-state index in [2.05, 4.69) is 15.9 Å². The van der Waals surface area contributed by atoms with Crippen LogP contribution in [-0.2, 0) is 16.1 Å². The highest BCUT2D eigenvalue weighted by atomic mass is 79.9. The van der Waals surface area contributed by atoms with Crippen molar-refractivity contribution in [2.75, 3.05) is 13.2 Å². The van der Waals surface area contributed by atoms with E-state index < -0.39 is 5.97 Å². The number of ether oxygens (including phenoxy) is 2. The lowest BCUT2D eigenvalue weighted by Crippen LogP contribution is -2.10. The van der Waals surface area contributed by atoms with E-state index in [1.165, 1.54) is 0 Å². The number of carboxylic acids is 1. The fraction of sp³-hybridized carbons (Fsp3) is 0.125. The quantitative estimate of drug-likeness (QED) is 0.364. The first-order valence-corrected chi connectivity index (χ1v) is 10.4. The van der Waals surface area contributed by atoms with E-state index >= 15 is 0 Å². The van der Waals surface area contributed by atoms with E-state index in [-0.39, 0.29) is 6.61 Å². The molecule has 0 amide bonds. The lowest BCUT2D eigenvalue weighted by molar-refractivity contribution is -0.139. The number of hydrogen-bond donors (Lipinski definition) is 1. The molecule has 0 aliphatic heterocycles. The first kappa shape index (κ1) is 22.1. The van der Waals surface area contributed by atoms with Crippen molar-refractivity contribution >= 4 is 39.1 Å². The largest absolute Gasteiger partial charge is 0.482 e. The van der Waals surface area contributed by atoms with E-state index in [4.69, 9.17) is 26.2 Å². The average molecular weight is 488 g/mol. The van der Waals surface area contributed by atoms with E-state index in [0.717, 1.165) is 26.7 Å². The van der Waals surface area contributed by atoms with Crippen LogP contribution in [-0.4, -0.2) is 24.3 Å². The van der Waals surface area contributed by atoms with Crippen LogP contribution in [0.5, 0.6) is 5.75 Å². The molecule has 0 atom stereocenters. The summed E-state index contributed by atoms with van der Waals surface area (Å²) in [5.74, 6) is -0.509. The molecule has 0 saturated heterocycles. The van der Waals surface area contributed by atoms with E-state index in [1.54, 1.807) is 12.1 Å². The van der Waals surface area contributed by atoms with Crippen LogP contribution >= 0.6 is 27.5 Å². The van der Waals surface area contributed by atoms with Gasteiger partial charge < -0.3 is 14.6 Å². The Bertz CT molecular complexity index is 967. The summed E-state index contributed by atoms with van der Waals surface area (Å²) in [7, 11) is 0. The predicted octanol–water partition coefficient (Wildman–Crippen LogP) is 6.21. The Morgan fingerprint density at radius 1 is 0.967 bits per heavy atom. The van der Waals surface area contributed by atoms with Gasteiger partial charge in [0.25, 0.3) is 0 Å². The zero-order valence-corrected chi connectivity index (χ0v) is 18.4. The second kappa shape index (κ2) is 11.0. The Morgan fingerprint density at radius 2 is 1.60 bits per heavy atom. The molecule has 3 rings (SSSR count). The number of carboxylic acid groups (broad SMARTS) is 1. The topological polar surface area (TPSA) is 55.8 Å². The molecule has 0 saturated carbocycles. The smallest absolute Gasteiger partial charge is 0.341 e. The van der Waals surface area contributed by atoms with Gasteiger partial charge in [-0.3, -0.25) is 0 Å². The molecule has 0 spiro atoms. The van der Waals surface area contributed by atoms with Gasteiger partial charge in [0.05, 0.1) is 13.2 Å². The van der Waals surface area contributed by atoms with Crippen LogP contribution in [0.1, 0.15) is 16.7 Å². The van der Waals surface area contributed by atoms with E-state index in [9.17, 15) is 4.79 Å². The number of aliphatic carboxylic acids is 1. The van der Waals surface area contributed by atoms with Crippen LogP contribution in [0, 0.1) is 0 Å². The normalized spacial score (nSPS) is 11.3. The third-order valence-corrected chi connectivity index (χ3v) is 5.08. The molecule has 0 bridgehead atoms. The maximum atomic E-state index is 10.8. The molecule has 154 valence electrons. The zero-order valence-electron chi connectivity index (χ0n) is 16.1. The minimum Gasteiger partial charge on any atom is -0.482 e. The lowest BCUT2D eigenvalue weighted by atomic mass is 9.98. The van der Waals surface area contributed by atoms with Gasteiger partial charge in [-0.2, -0.15) is 0 Å². The standard InChI is InChI=1S/C24H20BrClO4/c25-20-9-5-17(6-10-20)22(18-7-11-21(26)12-8-18)13-14-29-15-19-3-1-2-4-23(19)30-16-24(27)28/h1-13H,14-16H2,(H,27,28)/b22-13-. The third kappa shape index (κ3) is 6.46. The minimum absolute atomic E-state index is 0.306. The molecule has 0 aliphatic carbocycles. The van der Waals surface area contributed by atoms with Crippen molar-refractivity contribution in [1.29, 1.82) is 0 Å². The maximum absolute atomic E-state index is 10.8. The van der Waals surface area contributed by atoms with Crippen LogP contribution in [0.4, 0.5) is 0 Å². The summed E-state index contributed by atoms with van der Waals surface area (Å²) in [6.07, 6.45) is 2.02. The Labute approximate surface area is 188 Å². The van der Waals surface area contributed by atoms with E-state index in [1.807, 2.05) is 66.7 Å². The van der Waals surface area contributed by atoms with Crippen molar-refractivity contribution in [2.45, 2.75) is 6.61 Å². The molecule has 0 radical (unpaired) electrons. The maximum Gasteiger partial charge on any atom is 0.341 e. The number of para-hydroxylation sites is 1. The Kier molecular flexibility index (Phi) is 8.08. The molecule has 1 N–H and O–H groups in total. The van der Waals surface area contributed by atoms with Gasteiger partial charge in [-0.05, 0) is 47.0 Å². The molecule has 30 heavy (non-hydrogen) atoms. The molecule has 3 aromatic rings. The number of carbonyl (C=O) groups is 1. The first-order valence-electron chi connectivity index (χ1n) is 9.25. The van der Waals surface area contributed by atoms with Gasteiger partial charge in [0.2, 0.25) is 0 Å². The van der Waals surface area contributed by atoms with Gasteiger partial charge in [-0.15, -0.1) is 0 Å². The summed E-state index contributed by atoms with van der Waals surface area (Å²) >= 11 is 9.51. The predicted molar refractivity (Wildman–Crippen MR) is 122 cm³/mol. The molecular formula is C24H20BrClO4. The number of rotatable bonds is 9.